The van der Waals surface area contributed by atoms with E-state index in [4.69, 9.17) is 9.47 Å². The predicted molar refractivity (Wildman–Crippen MR) is 114 cm³/mol. The number of ether oxygens (including phenoxy) is 2. The molecular weight excluding hydrogens is 362 g/mol. The van der Waals surface area contributed by atoms with Gasteiger partial charge >= 0.3 is 5.97 Å². The predicted octanol–water partition coefficient (Wildman–Crippen LogP) is 4.35. The van der Waals surface area contributed by atoms with Crippen molar-refractivity contribution in [2.75, 3.05) is 20.2 Å². The Morgan fingerprint density at radius 1 is 1.03 bits per heavy atom. The molecule has 29 heavy (non-hydrogen) atoms. The average molecular weight is 389 g/mol. The molecule has 2 aromatic rings. The zero-order valence-electron chi connectivity index (χ0n) is 16.7. The SMILES string of the molecule is COc1ccc(C2C=CC(C(=O)O[C@@H]3CNCCC3c3ccccc3)=CC2)cc1. The van der Waals surface area contributed by atoms with E-state index in [0.29, 0.717) is 12.1 Å². The molecule has 3 atom stereocenters. The molecule has 150 valence electrons. The number of rotatable bonds is 5. The average Bonchev–Trinajstić information content (AvgIpc) is 2.80. The normalized spacial score (nSPS) is 23.9. The Morgan fingerprint density at radius 2 is 1.83 bits per heavy atom. The van der Waals surface area contributed by atoms with Crippen molar-refractivity contribution in [1.82, 2.24) is 5.32 Å². The van der Waals surface area contributed by atoms with E-state index in [-0.39, 0.29) is 23.9 Å². The van der Waals surface area contributed by atoms with E-state index in [1.165, 1.54) is 11.1 Å². The van der Waals surface area contributed by atoms with Gasteiger partial charge in [0.1, 0.15) is 11.9 Å². The number of allylic oxidation sites excluding steroid dienone is 2. The van der Waals surface area contributed by atoms with Crippen molar-refractivity contribution in [3.05, 3.63) is 89.5 Å². The van der Waals surface area contributed by atoms with Crippen LogP contribution in [0.4, 0.5) is 0 Å². The van der Waals surface area contributed by atoms with Crippen molar-refractivity contribution < 1.29 is 14.3 Å². The molecule has 2 aliphatic rings. The Balaban J connectivity index is 1.39. The molecule has 2 unspecified atom stereocenters. The Hall–Kier alpha value is -2.85. The van der Waals surface area contributed by atoms with Crippen LogP contribution in [0.15, 0.2) is 78.4 Å². The first-order valence-electron chi connectivity index (χ1n) is 10.2. The first kappa shape index (κ1) is 19.5. The van der Waals surface area contributed by atoms with Gasteiger partial charge in [-0.1, -0.05) is 60.7 Å². The number of methoxy groups -OCH3 is 1. The highest BCUT2D eigenvalue weighted by atomic mass is 16.5. The van der Waals surface area contributed by atoms with E-state index < -0.39 is 0 Å². The molecule has 1 aliphatic carbocycles. The Kier molecular flexibility index (Phi) is 6.11. The zero-order chi connectivity index (χ0) is 20.1. The van der Waals surface area contributed by atoms with Gasteiger partial charge < -0.3 is 14.8 Å². The first-order valence-corrected chi connectivity index (χ1v) is 10.2. The topological polar surface area (TPSA) is 47.6 Å². The molecule has 1 saturated heterocycles. The Labute approximate surface area is 172 Å². The van der Waals surface area contributed by atoms with Crippen molar-refractivity contribution in [3.8, 4) is 5.75 Å². The molecular formula is C25H27NO3. The molecule has 0 bridgehead atoms. The lowest BCUT2D eigenvalue weighted by molar-refractivity contribution is -0.145. The Bertz CT molecular complexity index is 886. The maximum absolute atomic E-state index is 12.8. The lowest BCUT2D eigenvalue weighted by atomic mass is 9.87. The lowest BCUT2D eigenvalue weighted by Crippen LogP contribution is -2.42. The van der Waals surface area contributed by atoms with E-state index >= 15 is 0 Å². The van der Waals surface area contributed by atoms with Crippen LogP contribution in [-0.2, 0) is 9.53 Å². The van der Waals surface area contributed by atoms with Crippen LogP contribution in [0.1, 0.15) is 35.8 Å². The molecule has 0 amide bonds. The largest absolute Gasteiger partial charge is 0.497 e. The van der Waals surface area contributed by atoms with Gasteiger partial charge in [-0.25, -0.2) is 4.79 Å². The van der Waals surface area contributed by atoms with Crippen LogP contribution in [0.3, 0.4) is 0 Å². The fraction of sp³-hybridized carbons (Fsp3) is 0.320. The summed E-state index contributed by atoms with van der Waals surface area (Å²) in [6.45, 7) is 1.64. The number of esters is 1. The van der Waals surface area contributed by atoms with Crippen LogP contribution >= 0.6 is 0 Å². The summed E-state index contributed by atoms with van der Waals surface area (Å²) in [5, 5.41) is 3.36. The highest BCUT2D eigenvalue weighted by Gasteiger charge is 2.30. The van der Waals surface area contributed by atoms with E-state index in [1.54, 1.807) is 7.11 Å². The molecule has 4 heteroatoms. The second-order valence-electron chi connectivity index (χ2n) is 7.59. The number of carbonyl (C=O) groups is 1. The van der Waals surface area contributed by atoms with Crippen LogP contribution in [0, 0.1) is 0 Å². The lowest BCUT2D eigenvalue weighted by Gasteiger charge is -2.32. The molecule has 0 saturated carbocycles. The second-order valence-corrected chi connectivity index (χ2v) is 7.59. The molecule has 1 fully saturated rings. The van der Waals surface area contributed by atoms with E-state index in [0.717, 1.165) is 25.1 Å². The van der Waals surface area contributed by atoms with Crippen molar-refractivity contribution >= 4 is 5.97 Å². The van der Waals surface area contributed by atoms with Crippen molar-refractivity contribution in [1.29, 1.82) is 0 Å². The van der Waals surface area contributed by atoms with E-state index in [9.17, 15) is 4.79 Å². The number of hydrogen-bond acceptors (Lipinski definition) is 4. The van der Waals surface area contributed by atoms with E-state index in [1.807, 2.05) is 42.5 Å². The summed E-state index contributed by atoms with van der Waals surface area (Å²) in [4.78, 5) is 12.8. The standard InChI is InChI=1S/C25H27NO3/c1-28-22-13-11-19(12-14-22)18-7-9-21(10-8-18)25(27)29-24-17-26-16-15-23(24)20-5-3-2-4-6-20/h2-7,9-14,18,23-24,26H,8,15-17H2,1H3/t18?,23?,24-/m1/s1. The van der Waals surface area contributed by atoms with Gasteiger partial charge in [0.25, 0.3) is 0 Å². The number of carbonyl (C=O) groups excluding carboxylic acids is 1. The fourth-order valence-corrected chi connectivity index (χ4v) is 4.11. The first-order chi connectivity index (χ1) is 14.2. The quantitative estimate of drug-likeness (QED) is 0.772. The summed E-state index contributed by atoms with van der Waals surface area (Å²) in [6.07, 6.45) is 7.59. The maximum Gasteiger partial charge on any atom is 0.338 e. The highest BCUT2D eigenvalue weighted by Crippen LogP contribution is 2.31. The third-order valence-electron chi connectivity index (χ3n) is 5.79. The van der Waals surface area contributed by atoms with Crippen molar-refractivity contribution in [3.63, 3.8) is 0 Å². The molecule has 2 aromatic carbocycles. The number of piperidine rings is 1. The van der Waals surface area contributed by atoms with Gasteiger partial charge in [0.2, 0.25) is 0 Å². The Morgan fingerprint density at radius 3 is 2.52 bits per heavy atom. The number of hydrogen-bond donors (Lipinski definition) is 1. The summed E-state index contributed by atoms with van der Waals surface area (Å²) < 4.78 is 11.2. The van der Waals surface area contributed by atoms with Gasteiger partial charge in [-0.15, -0.1) is 0 Å². The molecule has 0 radical (unpaired) electrons. The molecule has 0 spiro atoms. The van der Waals surface area contributed by atoms with Crippen LogP contribution in [0.5, 0.6) is 5.75 Å². The molecule has 1 aliphatic heterocycles. The smallest absolute Gasteiger partial charge is 0.338 e. The fourth-order valence-electron chi connectivity index (χ4n) is 4.11. The minimum absolute atomic E-state index is 0.146. The minimum atomic E-state index is -0.232. The van der Waals surface area contributed by atoms with Gasteiger partial charge in [-0.3, -0.25) is 0 Å². The number of benzene rings is 2. The summed E-state index contributed by atoms with van der Waals surface area (Å²) in [5.74, 6) is 1.12. The highest BCUT2D eigenvalue weighted by molar-refractivity contribution is 5.92. The van der Waals surface area contributed by atoms with Crippen LogP contribution in [0.2, 0.25) is 0 Å². The van der Waals surface area contributed by atoms with Gasteiger partial charge in [0.05, 0.1) is 12.7 Å². The molecule has 1 N–H and O–H groups in total. The van der Waals surface area contributed by atoms with Crippen LogP contribution in [0.25, 0.3) is 0 Å². The third-order valence-corrected chi connectivity index (χ3v) is 5.79. The van der Waals surface area contributed by atoms with Gasteiger partial charge in [-0.2, -0.15) is 0 Å². The summed E-state index contributed by atoms with van der Waals surface area (Å²) >= 11 is 0. The third kappa shape index (κ3) is 4.60. The van der Waals surface area contributed by atoms with Gasteiger partial charge in [0.15, 0.2) is 0 Å². The van der Waals surface area contributed by atoms with Crippen molar-refractivity contribution in [2.24, 2.45) is 0 Å². The summed E-state index contributed by atoms with van der Waals surface area (Å²) in [6, 6.07) is 18.4. The molecule has 0 aromatic heterocycles. The van der Waals surface area contributed by atoms with Crippen LogP contribution in [-0.4, -0.2) is 32.3 Å². The second kappa shape index (κ2) is 9.10. The summed E-state index contributed by atoms with van der Waals surface area (Å²) in [5.41, 5.74) is 3.10. The van der Waals surface area contributed by atoms with Crippen molar-refractivity contribution in [2.45, 2.75) is 30.8 Å². The molecule has 1 heterocycles. The molecule has 4 nitrogen and oxygen atoms in total. The summed E-state index contributed by atoms with van der Waals surface area (Å²) in [7, 11) is 1.67. The van der Waals surface area contributed by atoms with Gasteiger partial charge in [0, 0.05) is 18.4 Å². The maximum atomic E-state index is 12.8. The van der Waals surface area contributed by atoms with E-state index in [2.05, 4.69) is 35.7 Å². The minimum Gasteiger partial charge on any atom is -0.497 e. The monoisotopic (exact) mass is 389 g/mol. The number of nitrogens with one attached hydrogen (secondary N) is 1. The zero-order valence-corrected chi connectivity index (χ0v) is 16.7. The molecule has 4 rings (SSSR count). The van der Waals surface area contributed by atoms with Gasteiger partial charge in [-0.05, 0) is 42.6 Å². The van der Waals surface area contributed by atoms with Crippen LogP contribution < -0.4 is 10.1 Å².